The van der Waals surface area contributed by atoms with Crippen LogP contribution in [0.25, 0.3) is 11.5 Å². The van der Waals surface area contributed by atoms with Crippen molar-refractivity contribution in [1.29, 1.82) is 0 Å². The molecular weight excluding hydrogens is 292 g/mol. The van der Waals surface area contributed by atoms with Crippen LogP contribution < -0.4 is 0 Å². The molecule has 0 aliphatic carbocycles. The van der Waals surface area contributed by atoms with E-state index in [0.717, 1.165) is 0 Å². The van der Waals surface area contributed by atoms with Gasteiger partial charge in [-0.1, -0.05) is 37.5 Å². The lowest BCUT2D eigenvalue weighted by Gasteiger charge is -2.27. The molecule has 2 aromatic rings. The van der Waals surface area contributed by atoms with E-state index in [1.54, 1.807) is 12.1 Å². The Morgan fingerprint density at radius 1 is 1.38 bits per heavy atom. The molecule has 6 heteroatoms. The monoisotopic (exact) mass is 310 g/mol. The van der Waals surface area contributed by atoms with Crippen molar-refractivity contribution in [2.45, 2.75) is 33.8 Å². The van der Waals surface area contributed by atoms with Gasteiger partial charge in [0.2, 0.25) is 5.82 Å². The van der Waals surface area contributed by atoms with Crippen LogP contribution in [-0.4, -0.2) is 21.9 Å². The topological polar surface area (TPSA) is 68.4 Å². The lowest BCUT2D eigenvalue weighted by Crippen LogP contribution is -2.22. The molecule has 0 saturated carbocycles. The van der Waals surface area contributed by atoms with Gasteiger partial charge in [-0.15, -0.1) is 0 Å². The molecule has 1 heterocycles. The minimum absolute atomic E-state index is 0.0401. The van der Waals surface area contributed by atoms with Crippen LogP contribution in [-0.2, 0) is 4.74 Å². The van der Waals surface area contributed by atoms with Crippen LogP contribution in [0.15, 0.2) is 22.7 Å². The zero-order valence-electron chi connectivity index (χ0n) is 12.6. The summed E-state index contributed by atoms with van der Waals surface area (Å²) >= 11 is 5.93. The zero-order valence-corrected chi connectivity index (χ0v) is 13.3. The van der Waals surface area contributed by atoms with Crippen molar-refractivity contribution < 1.29 is 14.4 Å². The third kappa shape index (κ3) is 3.54. The number of aromatic nitrogens is 2. The molecule has 0 saturated heterocycles. The maximum Gasteiger partial charge on any atom is 0.261 e. The molecule has 1 unspecified atom stereocenters. The number of rotatable bonds is 4. The Kier molecular flexibility index (Phi) is 4.54. The molecule has 21 heavy (non-hydrogen) atoms. The SMILES string of the molecule is CCOC(c1noc(-c2cc(Cl)ccc2O)n1)C(C)(C)C. The van der Waals surface area contributed by atoms with Crippen molar-refractivity contribution >= 4 is 11.6 Å². The molecule has 0 aliphatic heterocycles. The van der Waals surface area contributed by atoms with Gasteiger partial charge >= 0.3 is 0 Å². The fourth-order valence-electron chi connectivity index (χ4n) is 2.01. The summed E-state index contributed by atoms with van der Waals surface area (Å²) in [6, 6.07) is 4.67. The predicted octanol–water partition coefficient (Wildman–Crippen LogP) is 4.22. The second-order valence-corrected chi connectivity index (χ2v) is 6.26. The fraction of sp³-hybridized carbons (Fsp3) is 0.467. The van der Waals surface area contributed by atoms with Gasteiger partial charge in [-0.2, -0.15) is 4.98 Å². The van der Waals surface area contributed by atoms with E-state index in [0.29, 0.717) is 23.0 Å². The van der Waals surface area contributed by atoms with Crippen LogP contribution in [0.2, 0.25) is 5.02 Å². The molecule has 1 atom stereocenters. The van der Waals surface area contributed by atoms with Crippen molar-refractivity contribution in [1.82, 2.24) is 10.1 Å². The molecule has 0 aliphatic rings. The number of benzene rings is 1. The zero-order chi connectivity index (χ0) is 15.6. The minimum atomic E-state index is -0.290. The average molecular weight is 311 g/mol. The number of aromatic hydroxyl groups is 1. The molecule has 5 nitrogen and oxygen atoms in total. The number of hydrogen-bond acceptors (Lipinski definition) is 5. The lowest BCUT2D eigenvalue weighted by atomic mass is 9.88. The highest BCUT2D eigenvalue weighted by molar-refractivity contribution is 6.30. The van der Waals surface area contributed by atoms with Crippen LogP contribution in [0.4, 0.5) is 0 Å². The number of phenolic OH excluding ortho intramolecular Hbond substituents is 1. The van der Waals surface area contributed by atoms with Gasteiger partial charge in [0.05, 0.1) is 5.56 Å². The first kappa shape index (κ1) is 15.8. The summed E-state index contributed by atoms with van der Waals surface area (Å²) in [5.41, 5.74) is 0.235. The molecule has 0 spiro atoms. The Morgan fingerprint density at radius 3 is 2.71 bits per heavy atom. The van der Waals surface area contributed by atoms with Gasteiger partial charge in [-0.25, -0.2) is 0 Å². The van der Waals surface area contributed by atoms with E-state index in [-0.39, 0.29) is 23.2 Å². The first-order chi connectivity index (χ1) is 9.82. The van der Waals surface area contributed by atoms with Gasteiger partial charge in [0, 0.05) is 11.6 Å². The quantitative estimate of drug-likeness (QED) is 0.915. The second kappa shape index (κ2) is 6.03. The smallest absolute Gasteiger partial charge is 0.261 e. The molecule has 0 radical (unpaired) electrons. The van der Waals surface area contributed by atoms with Crippen molar-refractivity contribution in [3.63, 3.8) is 0 Å². The Morgan fingerprint density at radius 2 is 2.10 bits per heavy atom. The summed E-state index contributed by atoms with van der Waals surface area (Å²) in [4.78, 5) is 4.35. The van der Waals surface area contributed by atoms with E-state index in [1.807, 2.05) is 27.7 Å². The molecule has 1 N–H and O–H groups in total. The van der Waals surface area contributed by atoms with E-state index in [4.69, 9.17) is 20.9 Å². The maximum atomic E-state index is 9.88. The maximum absolute atomic E-state index is 9.88. The standard InChI is InChI=1S/C15H19ClN2O3/c1-5-20-12(15(2,3)4)13-17-14(21-18-13)10-8-9(16)6-7-11(10)19/h6-8,12,19H,5H2,1-4H3. The summed E-state index contributed by atoms with van der Waals surface area (Å²) in [6.45, 7) is 8.59. The van der Waals surface area contributed by atoms with Gasteiger partial charge < -0.3 is 14.4 Å². The van der Waals surface area contributed by atoms with Crippen LogP contribution in [0.3, 0.4) is 0 Å². The summed E-state index contributed by atoms with van der Waals surface area (Å²) < 4.78 is 11.0. The summed E-state index contributed by atoms with van der Waals surface area (Å²) in [5.74, 6) is 0.719. The van der Waals surface area contributed by atoms with Gasteiger partial charge in [-0.05, 0) is 30.5 Å². The number of halogens is 1. The van der Waals surface area contributed by atoms with Gasteiger partial charge in [0.15, 0.2) is 0 Å². The molecule has 1 aromatic carbocycles. The van der Waals surface area contributed by atoms with Crippen molar-refractivity contribution in [2.24, 2.45) is 5.41 Å². The molecule has 1 aromatic heterocycles. The highest BCUT2D eigenvalue weighted by Gasteiger charge is 2.31. The third-order valence-corrected chi connectivity index (χ3v) is 3.22. The Hall–Kier alpha value is -1.59. The van der Waals surface area contributed by atoms with Crippen LogP contribution in [0, 0.1) is 5.41 Å². The highest BCUT2D eigenvalue weighted by atomic mass is 35.5. The average Bonchev–Trinajstić information content (AvgIpc) is 2.86. The number of nitrogens with zero attached hydrogens (tertiary/aromatic N) is 2. The highest BCUT2D eigenvalue weighted by Crippen LogP contribution is 2.36. The number of hydrogen-bond donors (Lipinski definition) is 1. The first-order valence-corrected chi connectivity index (χ1v) is 7.14. The second-order valence-electron chi connectivity index (χ2n) is 5.82. The fourth-order valence-corrected chi connectivity index (χ4v) is 2.18. The van der Waals surface area contributed by atoms with Crippen LogP contribution in [0.5, 0.6) is 5.75 Å². The lowest BCUT2D eigenvalue weighted by molar-refractivity contribution is -0.0203. The molecule has 114 valence electrons. The molecule has 0 bridgehead atoms. The number of phenols is 1. The van der Waals surface area contributed by atoms with Crippen molar-refractivity contribution in [2.75, 3.05) is 6.61 Å². The van der Waals surface area contributed by atoms with Gasteiger partial charge in [0.25, 0.3) is 5.89 Å². The normalized spacial score (nSPS) is 13.4. The number of ether oxygens (including phenoxy) is 1. The van der Waals surface area contributed by atoms with Crippen molar-refractivity contribution in [3.8, 4) is 17.2 Å². The summed E-state index contributed by atoms with van der Waals surface area (Å²) in [7, 11) is 0. The minimum Gasteiger partial charge on any atom is -0.507 e. The molecule has 0 amide bonds. The Balaban J connectivity index is 2.38. The summed E-state index contributed by atoms with van der Waals surface area (Å²) in [5, 5.41) is 14.4. The molecule has 2 rings (SSSR count). The first-order valence-electron chi connectivity index (χ1n) is 6.77. The van der Waals surface area contributed by atoms with E-state index < -0.39 is 0 Å². The summed E-state index contributed by atoms with van der Waals surface area (Å²) in [6.07, 6.45) is -0.290. The van der Waals surface area contributed by atoms with E-state index in [2.05, 4.69) is 10.1 Å². The largest absolute Gasteiger partial charge is 0.507 e. The van der Waals surface area contributed by atoms with Crippen LogP contribution >= 0.6 is 11.6 Å². The van der Waals surface area contributed by atoms with Gasteiger partial charge in [-0.3, -0.25) is 0 Å². The third-order valence-electron chi connectivity index (χ3n) is 2.99. The molecular formula is C15H19ClN2O3. The van der Waals surface area contributed by atoms with Gasteiger partial charge in [0.1, 0.15) is 11.9 Å². The van der Waals surface area contributed by atoms with E-state index in [9.17, 15) is 5.11 Å². The Bertz CT molecular complexity index is 620. The van der Waals surface area contributed by atoms with Crippen LogP contribution in [0.1, 0.15) is 39.6 Å². The predicted molar refractivity (Wildman–Crippen MR) is 80.2 cm³/mol. The van der Waals surface area contributed by atoms with Crippen molar-refractivity contribution in [3.05, 3.63) is 29.0 Å². The van der Waals surface area contributed by atoms with E-state index >= 15 is 0 Å². The molecule has 0 fully saturated rings. The Labute approximate surface area is 128 Å². The van der Waals surface area contributed by atoms with E-state index in [1.165, 1.54) is 6.07 Å².